The van der Waals surface area contributed by atoms with Crippen LogP contribution in [0.2, 0.25) is 0 Å². The van der Waals surface area contributed by atoms with Crippen LogP contribution in [0.5, 0.6) is 5.75 Å². The quantitative estimate of drug-likeness (QED) is 0.693. The molecule has 2 bridgehead atoms. The Morgan fingerprint density at radius 1 is 1.23 bits per heavy atom. The minimum atomic E-state index is -0.420. The van der Waals surface area contributed by atoms with Crippen LogP contribution in [0.1, 0.15) is 49.4 Å². The lowest BCUT2D eigenvalue weighted by atomic mass is 9.97. The van der Waals surface area contributed by atoms with Crippen molar-refractivity contribution in [2.24, 2.45) is 16.8 Å². The Bertz CT molecular complexity index is 1170. The van der Waals surface area contributed by atoms with Gasteiger partial charge in [0.15, 0.2) is 0 Å². The number of likely N-dealkylation sites (tertiary alicyclic amines) is 1. The zero-order chi connectivity index (χ0) is 24.3. The van der Waals surface area contributed by atoms with Crippen LogP contribution >= 0.6 is 0 Å². The molecule has 4 heterocycles. The van der Waals surface area contributed by atoms with E-state index in [0.717, 1.165) is 19.3 Å². The minimum Gasteiger partial charge on any atom is -0.489 e. The van der Waals surface area contributed by atoms with Crippen molar-refractivity contribution in [2.45, 2.75) is 57.2 Å². The van der Waals surface area contributed by atoms with E-state index in [4.69, 9.17) is 10.1 Å². The van der Waals surface area contributed by atoms with Gasteiger partial charge in [-0.25, -0.2) is 9.38 Å². The molecule has 0 spiro atoms. The van der Waals surface area contributed by atoms with Crippen molar-refractivity contribution >= 4 is 17.8 Å². The summed E-state index contributed by atoms with van der Waals surface area (Å²) in [6, 6.07) is 5.06. The van der Waals surface area contributed by atoms with Crippen LogP contribution < -0.4 is 10.1 Å². The number of rotatable bonds is 4. The van der Waals surface area contributed by atoms with Crippen molar-refractivity contribution in [3.8, 4) is 5.75 Å². The SMILES string of the molecule is CC1CC2CC(Oc3cc(F)ccc3C(=O)N3CC(=N)/C(=C4/N=CC(C5CC5)=CN4)C3)CC1N2C. The molecule has 2 N–H and O–H groups in total. The number of carbonyl (C=O) groups is 1. The highest BCUT2D eigenvalue weighted by Gasteiger charge is 2.44. The van der Waals surface area contributed by atoms with E-state index in [0.29, 0.717) is 52.3 Å². The minimum absolute atomic E-state index is 0.0396. The lowest BCUT2D eigenvalue weighted by Crippen LogP contribution is -2.45. The predicted octanol–water partition coefficient (Wildman–Crippen LogP) is 3.73. The molecule has 1 saturated carbocycles. The van der Waals surface area contributed by atoms with Gasteiger partial charge in [-0.05, 0) is 62.3 Å². The van der Waals surface area contributed by atoms with Crippen LogP contribution in [-0.4, -0.2) is 66.0 Å². The van der Waals surface area contributed by atoms with Gasteiger partial charge in [0.2, 0.25) is 0 Å². The van der Waals surface area contributed by atoms with Crippen molar-refractivity contribution in [1.29, 1.82) is 5.41 Å². The number of nitrogens with zero attached hydrogens (tertiary/aromatic N) is 3. The van der Waals surface area contributed by atoms with Crippen LogP contribution in [0.4, 0.5) is 4.39 Å². The molecule has 1 aliphatic carbocycles. The van der Waals surface area contributed by atoms with E-state index in [1.165, 1.54) is 36.6 Å². The number of ether oxygens (including phenoxy) is 1. The Morgan fingerprint density at radius 2 is 2.06 bits per heavy atom. The number of allylic oxidation sites excluding steroid dienone is 1. The van der Waals surface area contributed by atoms with Crippen LogP contribution in [0, 0.1) is 23.1 Å². The number of piperidine rings is 1. The summed E-state index contributed by atoms with van der Waals surface area (Å²) < 4.78 is 20.5. The smallest absolute Gasteiger partial charge is 0.258 e. The number of nitrogens with one attached hydrogen (secondary N) is 2. The number of hydrogen-bond acceptors (Lipinski definition) is 6. The van der Waals surface area contributed by atoms with Gasteiger partial charge in [0.1, 0.15) is 23.5 Å². The third kappa shape index (κ3) is 4.18. The molecule has 5 aliphatic rings. The van der Waals surface area contributed by atoms with Crippen LogP contribution in [-0.2, 0) is 0 Å². The molecule has 4 unspecified atom stereocenters. The van der Waals surface area contributed by atoms with E-state index in [9.17, 15) is 9.18 Å². The molecular formula is C27H32FN5O2. The van der Waals surface area contributed by atoms with Gasteiger partial charge in [0, 0.05) is 42.6 Å². The highest BCUT2D eigenvalue weighted by molar-refractivity contribution is 6.08. The fourth-order valence-electron chi connectivity index (χ4n) is 6.13. The second-order valence-corrected chi connectivity index (χ2v) is 10.7. The third-order valence-electron chi connectivity index (χ3n) is 8.31. The molecule has 1 aromatic carbocycles. The number of fused-ring (bicyclic) bond motifs is 2. The second kappa shape index (κ2) is 8.59. The summed E-state index contributed by atoms with van der Waals surface area (Å²) in [6.07, 6.45) is 9.10. The Kier molecular flexibility index (Phi) is 5.51. The number of amides is 1. The molecule has 4 aliphatic heterocycles. The summed E-state index contributed by atoms with van der Waals surface area (Å²) in [5.74, 6) is 1.46. The maximum atomic E-state index is 14.2. The Balaban J connectivity index is 1.19. The summed E-state index contributed by atoms with van der Waals surface area (Å²) in [7, 11) is 2.17. The number of halogens is 1. The van der Waals surface area contributed by atoms with Crippen LogP contribution in [0.3, 0.4) is 0 Å². The van der Waals surface area contributed by atoms with Crippen LogP contribution in [0.25, 0.3) is 0 Å². The molecule has 0 radical (unpaired) electrons. The fraction of sp³-hybridized carbons (Fsp3) is 0.519. The molecule has 4 fully saturated rings. The number of benzene rings is 1. The van der Waals surface area contributed by atoms with E-state index >= 15 is 0 Å². The highest BCUT2D eigenvalue weighted by atomic mass is 19.1. The van der Waals surface area contributed by atoms with E-state index in [-0.39, 0.29) is 25.1 Å². The van der Waals surface area contributed by atoms with Gasteiger partial charge in [-0.15, -0.1) is 0 Å². The molecule has 7 nitrogen and oxygen atoms in total. The van der Waals surface area contributed by atoms with Gasteiger partial charge in [0.05, 0.1) is 24.4 Å². The maximum Gasteiger partial charge on any atom is 0.258 e. The first-order valence-corrected chi connectivity index (χ1v) is 12.7. The normalized spacial score (nSPS) is 32.6. The average molecular weight is 478 g/mol. The van der Waals surface area contributed by atoms with Crippen molar-refractivity contribution in [3.63, 3.8) is 0 Å². The van der Waals surface area contributed by atoms with Crippen molar-refractivity contribution in [3.05, 3.63) is 52.7 Å². The molecular weight excluding hydrogens is 445 g/mol. The van der Waals surface area contributed by atoms with Gasteiger partial charge in [-0.3, -0.25) is 9.69 Å². The first-order chi connectivity index (χ1) is 16.9. The molecule has 3 saturated heterocycles. The first kappa shape index (κ1) is 22.5. The van der Waals surface area contributed by atoms with E-state index in [1.54, 1.807) is 4.90 Å². The van der Waals surface area contributed by atoms with Crippen molar-refractivity contribution in [2.75, 3.05) is 20.1 Å². The molecule has 1 aromatic rings. The highest BCUT2D eigenvalue weighted by Crippen LogP contribution is 2.40. The Labute approximate surface area is 205 Å². The number of aliphatic imine (C=N–C) groups is 1. The average Bonchev–Trinajstić information content (AvgIpc) is 3.59. The molecule has 184 valence electrons. The number of carbonyl (C=O) groups excluding carboxylic acids is 1. The molecule has 4 atom stereocenters. The summed E-state index contributed by atoms with van der Waals surface area (Å²) in [5.41, 5.74) is 2.62. The zero-order valence-electron chi connectivity index (χ0n) is 20.3. The summed E-state index contributed by atoms with van der Waals surface area (Å²) in [6.45, 7) is 2.76. The van der Waals surface area contributed by atoms with Gasteiger partial charge in [-0.1, -0.05) is 6.92 Å². The van der Waals surface area contributed by atoms with Gasteiger partial charge in [-0.2, -0.15) is 0 Å². The van der Waals surface area contributed by atoms with Crippen molar-refractivity contribution in [1.82, 2.24) is 15.1 Å². The topological polar surface area (TPSA) is 81.0 Å². The predicted molar refractivity (Wildman–Crippen MR) is 132 cm³/mol. The monoisotopic (exact) mass is 477 g/mol. The molecule has 8 heteroatoms. The second-order valence-electron chi connectivity index (χ2n) is 10.7. The van der Waals surface area contributed by atoms with Gasteiger partial charge >= 0.3 is 0 Å². The molecule has 0 aromatic heterocycles. The Hall–Kier alpha value is -3.00. The third-order valence-corrected chi connectivity index (χ3v) is 8.31. The lowest BCUT2D eigenvalue weighted by molar-refractivity contribution is 0.0584. The fourth-order valence-corrected chi connectivity index (χ4v) is 6.13. The maximum absolute atomic E-state index is 14.2. The van der Waals surface area contributed by atoms with E-state index in [2.05, 4.69) is 29.2 Å². The Morgan fingerprint density at radius 3 is 2.77 bits per heavy atom. The summed E-state index contributed by atoms with van der Waals surface area (Å²) in [4.78, 5) is 22.1. The summed E-state index contributed by atoms with van der Waals surface area (Å²) in [5, 5.41) is 11.7. The van der Waals surface area contributed by atoms with E-state index in [1.807, 2.05) is 12.4 Å². The van der Waals surface area contributed by atoms with Crippen molar-refractivity contribution < 1.29 is 13.9 Å². The molecule has 1 amide bonds. The largest absolute Gasteiger partial charge is 0.489 e. The van der Waals surface area contributed by atoms with Gasteiger partial charge < -0.3 is 20.4 Å². The summed E-state index contributed by atoms with van der Waals surface area (Å²) >= 11 is 0. The molecule has 6 rings (SSSR count). The van der Waals surface area contributed by atoms with Gasteiger partial charge in [0.25, 0.3) is 5.91 Å². The standard InChI is InChI=1S/C27H32FN5O2/c1-15-7-19-9-20(10-24(15)32(19)2)35-25-8-18(28)5-6-21(25)27(34)33-13-22(23(29)14-33)26-30-11-17(12-31-26)16-3-4-16/h5-6,8,11-12,15-16,19-20,24,29-30H,3-4,7,9-10,13-14H2,1-2H3/b26-22+,29-23?. The lowest BCUT2D eigenvalue weighted by Gasteiger charge is -2.37. The zero-order valence-corrected chi connectivity index (χ0v) is 20.3. The molecule has 35 heavy (non-hydrogen) atoms. The van der Waals surface area contributed by atoms with Crippen LogP contribution in [0.15, 0.2) is 46.4 Å². The van der Waals surface area contributed by atoms with E-state index < -0.39 is 5.82 Å². The first-order valence-electron chi connectivity index (χ1n) is 12.7. The number of hydrogen-bond donors (Lipinski definition) is 2.